The van der Waals surface area contributed by atoms with E-state index in [4.69, 9.17) is 21.1 Å². The van der Waals surface area contributed by atoms with E-state index in [9.17, 15) is 9.59 Å². The number of rotatable bonds is 6. The summed E-state index contributed by atoms with van der Waals surface area (Å²) in [6, 6.07) is 5.05. The predicted octanol–water partition coefficient (Wildman–Crippen LogP) is -0.513. The first-order valence-electron chi connectivity index (χ1n) is 8.54. The van der Waals surface area contributed by atoms with Crippen LogP contribution in [0.15, 0.2) is 18.2 Å². The maximum atomic E-state index is 12.2. The number of amides is 2. The fourth-order valence-corrected chi connectivity index (χ4v) is 3.19. The van der Waals surface area contributed by atoms with Gasteiger partial charge in [-0.2, -0.15) is 0 Å². The molecule has 8 heteroatoms. The summed E-state index contributed by atoms with van der Waals surface area (Å²) in [6.07, 6.45) is 0.903. The highest BCUT2D eigenvalue weighted by Gasteiger charge is 2.27. The van der Waals surface area contributed by atoms with Gasteiger partial charge < -0.3 is 19.7 Å². The number of fused-ring (bicyclic) bond motifs is 1. The molecule has 0 radical (unpaired) electrons. The van der Waals surface area contributed by atoms with E-state index in [1.807, 2.05) is 0 Å². The molecule has 0 unspecified atom stereocenters. The van der Waals surface area contributed by atoms with Gasteiger partial charge >= 0.3 is 0 Å². The van der Waals surface area contributed by atoms with E-state index >= 15 is 0 Å². The Balaban J connectivity index is 1.47. The maximum absolute atomic E-state index is 12.2. The molecular formula is C17H23ClN3O4+. The lowest BCUT2D eigenvalue weighted by Crippen LogP contribution is -3.14. The molecule has 136 valence electrons. The molecule has 3 rings (SSSR count). The second-order valence-corrected chi connectivity index (χ2v) is 6.63. The highest BCUT2D eigenvalue weighted by Crippen LogP contribution is 2.34. The van der Waals surface area contributed by atoms with Gasteiger partial charge in [-0.05, 0) is 18.2 Å². The first kappa shape index (κ1) is 18.0. The lowest BCUT2D eigenvalue weighted by molar-refractivity contribution is -0.908. The van der Waals surface area contributed by atoms with Crippen molar-refractivity contribution >= 4 is 29.1 Å². The summed E-state index contributed by atoms with van der Waals surface area (Å²) in [5, 5.41) is 3.38. The van der Waals surface area contributed by atoms with Crippen molar-refractivity contribution in [2.24, 2.45) is 0 Å². The lowest BCUT2D eigenvalue weighted by atomic mass is 10.2. The number of hydrogen-bond donors (Lipinski definition) is 2. The first-order valence-corrected chi connectivity index (χ1v) is 8.92. The third-order valence-corrected chi connectivity index (χ3v) is 4.63. The number of carbonyl (C=O) groups is 2. The normalized spacial score (nSPS) is 17.8. The summed E-state index contributed by atoms with van der Waals surface area (Å²) in [5.74, 6) is 0.133. The zero-order chi connectivity index (χ0) is 17.6. The summed E-state index contributed by atoms with van der Waals surface area (Å²) < 4.78 is 10.7. The summed E-state index contributed by atoms with van der Waals surface area (Å²) >= 11 is 6.00. The maximum Gasteiger partial charge on any atom is 0.265 e. The number of hydrogen-bond acceptors (Lipinski definition) is 4. The Morgan fingerprint density at radius 2 is 2.12 bits per heavy atom. The van der Waals surface area contributed by atoms with Gasteiger partial charge in [0.2, 0.25) is 5.91 Å². The molecule has 0 atom stereocenters. The SMILES string of the molecule is O=C(CN1C(=O)COc2ccc(Cl)cc21)NCCC[NH+]1CCOCC1. The van der Waals surface area contributed by atoms with Crippen LogP contribution in [0.25, 0.3) is 0 Å². The van der Waals surface area contributed by atoms with Crippen LogP contribution < -0.4 is 19.9 Å². The molecule has 2 aliphatic rings. The summed E-state index contributed by atoms with van der Waals surface area (Å²) in [7, 11) is 0. The van der Waals surface area contributed by atoms with Crippen LogP contribution in [0.2, 0.25) is 5.02 Å². The Bertz CT molecular complexity index is 634. The van der Waals surface area contributed by atoms with Crippen molar-refractivity contribution in [2.75, 3.05) is 57.4 Å². The molecule has 1 aromatic rings. The highest BCUT2D eigenvalue weighted by atomic mass is 35.5. The number of ether oxygens (including phenoxy) is 2. The predicted molar refractivity (Wildman–Crippen MR) is 93.3 cm³/mol. The topological polar surface area (TPSA) is 72.3 Å². The Labute approximate surface area is 151 Å². The smallest absolute Gasteiger partial charge is 0.265 e. The van der Waals surface area contributed by atoms with E-state index < -0.39 is 0 Å². The molecule has 0 spiro atoms. The molecular weight excluding hydrogens is 346 g/mol. The van der Waals surface area contributed by atoms with Crippen molar-refractivity contribution in [1.82, 2.24) is 5.32 Å². The Kier molecular flexibility index (Phi) is 6.12. The molecule has 1 fully saturated rings. The number of halogens is 1. The largest absolute Gasteiger partial charge is 0.482 e. The number of nitrogens with one attached hydrogen (secondary N) is 2. The molecule has 0 saturated carbocycles. The van der Waals surface area contributed by atoms with Crippen LogP contribution in [0.4, 0.5) is 5.69 Å². The molecule has 25 heavy (non-hydrogen) atoms. The van der Waals surface area contributed by atoms with Crippen LogP contribution in [0.5, 0.6) is 5.75 Å². The Morgan fingerprint density at radius 3 is 2.92 bits per heavy atom. The molecule has 2 aliphatic heterocycles. The average molecular weight is 369 g/mol. The summed E-state index contributed by atoms with van der Waals surface area (Å²) in [6.45, 7) is 5.18. The van der Waals surface area contributed by atoms with Crippen LogP contribution in [-0.2, 0) is 14.3 Å². The zero-order valence-corrected chi connectivity index (χ0v) is 14.8. The van der Waals surface area contributed by atoms with Gasteiger partial charge in [0.05, 0.1) is 25.4 Å². The van der Waals surface area contributed by atoms with Crippen molar-refractivity contribution in [1.29, 1.82) is 0 Å². The number of anilines is 1. The van der Waals surface area contributed by atoms with E-state index in [-0.39, 0.29) is 25.0 Å². The minimum absolute atomic E-state index is 0.0278. The minimum Gasteiger partial charge on any atom is -0.482 e. The second-order valence-electron chi connectivity index (χ2n) is 6.20. The molecule has 1 saturated heterocycles. The first-order chi connectivity index (χ1) is 12.1. The van der Waals surface area contributed by atoms with Gasteiger partial charge in [0, 0.05) is 18.0 Å². The summed E-state index contributed by atoms with van der Waals surface area (Å²) in [5.41, 5.74) is 0.539. The van der Waals surface area contributed by atoms with Crippen LogP contribution in [0.1, 0.15) is 6.42 Å². The molecule has 2 amide bonds. The second kappa shape index (κ2) is 8.51. The van der Waals surface area contributed by atoms with Gasteiger partial charge in [0.15, 0.2) is 6.61 Å². The molecule has 0 bridgehead atoms. The van der Waals surface area contributed by atoms with E-state index in [1.54, 1.807) is 18.2 Å². The quantitative estimate of drug-likeness (QED) is 0.663. The third kappa shape index (κ3) is 4.84. The minimum atomic E-state index is -0.248. The van der Waals surface area contributed by atoms with Crippen molar-refractivity contribution in [3.05, 3.63) is 23.2 Å². The van der Waals surface area contributed by atoms with E-state index in [2.05, 4.69) is 5.32 Å². The van der Waals surface area contributed by atoms with Crippen molar-refractivity contribution in [3.8, 4) is 5.75 Å². The van der Waals surface area contributed by atoms with Gasteiger partial charge in [0.1, 0.15) is 25.4 Å². The highest BCUT2D eigenvalue weighted by molar-refractivity contribution is 6.31. The van der Waals surface area contributed by atoms with Crippen LogP contribution in [-0.4, -0.2) is 64.4 Å². The zero-order valence-electron chi connectivity index (χ0n) is 14.1. The Morgan fingerprint density at radius 1 is 1.32 bits per heavy atom. The van der Waals surface area contributed by atoms with Crippen molar-refractivity contribution in [2.45, 2.75) is 6.42 Å². The van der Waals surface area contributed by atoms with Gasteiger partial charge in [-0.1, -0.05) is 11.6 Å². The average Bonchev–Trinajstić information content (AvgIpc) is 2.62. The Hall–Kier alpha value is -1.83. The summed E-state index contributed by atoms with van der Waals surface area (Å²) in [4.78, 5) is 27.2. The van der Waals surface area contributed by atoms with Crippen LogP contribution >= 0.6 is 11.6 Å². The fraction of sp³-hybridized carbons (Fsp3) is 0.529. The monoisotopic (exact) mass is 368 g/mol. The van der Waals surface area contributed by atoms with Crippen molar-refractivity contribution in [3.63, 3.8) is 0 Å². The molecule has 0 aromatic heterocycles. The van der Waals surface area contributed by atoms with Gasteiger partial charge in [-0.15, -0.1) is 0 Å². The molecule has 2 heterocycles. The van der Waals surface area contributed by atoms with Crippen molar-refractivity contribution < 1.29 is 24.0 Å². The van der Waals surface area contributed by atoms with E-state index in [0.29, 0.717) is 23.0 Å². The fourth-order valence-electron chi connectivity index (χ4n) is 3.02. The number of nitrogens with zero attached hydrogens (tertiary/aromatic N) is 1. The number of morpholine rings is 1. The number of carbonyl (C=O) groups excluding carboxylic acids is 2. The van der Waals surface area contributed by atoms with E-state index in [0.717, 1.165) is 39.3 Å². The molecule has 0 aliphatic carbocycles. The van der Waals surface area contributed by atoms with Gasteiger partial charge in [0.25, 0.3) is 5.91 Å². The molecule has 7 nitrogen and oxygen atoms in total. The number of benzene rings is 1. The van der Waals surface area contributed by atoms with Crippen LogP contribution in [0, 0.1) is 0 Å². The molecule has 1 aromatic carbocycles. The number of quaternary nitrogens is 1. The van der Waals surface area contributed by atoms with Crippen LogP contribution in [0.3, 0.4) is 0 Å². The van der Waals surface area contributed by atoms with Gasteiger partial charge in [-0.3, -0.25) is 14.5 Å². The third-order valence-electron chi connectivity index (χ3n) is 4.39. The van der Waals surface area contributed by atoms with Gasteiger partial charge in [-0.25, -0.2) is 0 Å². The van der Waals surface area contributed by atoms with E-state index in [1.165, 1.54) is 9.80 Å². The lowest BCUT2D eigenvalue weighted by Gasteiger charge is -2.29. The standard InChI is InChI=1S/C17H22ClN3O4/c18-13-2-3-15-14(10-13)21(17(23)12-25-15)11-16(22)19-4-1-5-20-6-8-24-9-7-20/h2-3,10H,1,4-9,11-12H2,(H,19,22)/p+1. The molecule has 2 N–H and O–H groups in total.